The molecule has 42 heavy (non-hydrogen) atoms. The van der Waals surface area contributed by atoms with Gasteiger partial charge in [0.15, 0.2) is 5.82 Å². The first-order valence-corrected chi connectivity index (χ1v) is 14.5. The predicted octanol–water partition coefficient (Wildman–Crippen LogP) is 5.85. The Morgan fingerprint density at radius 3 is 2.81 bits per heavy atom. The van der Waals surface area contributed by atoms with E-state index in [0.29, 0.717) is 42.4 Å². The molecule has 1 atom stereocenters. The van der Waals surface area contributed by atoms with Crippen LogP contribution < -0.4 is 5.32 Å². The van der Waals surface area contributed by atoms with E-state index in [1.807, 2.05) is 50.5 Å². The van der Waals surface area contributed by atoms with Gasteiger partial charge >= 0.3 is 0 Å². The van der Waals surface area contributed by atoms with Crippen molar-refractivity contribution in [1.82, 2.24) is 19.8 Å². The third-order valence-electron chi connectivity index (χ3n) is 7.47. The summed E-state index contributed by atoms with van der Waals surface area (Å²) in [6.07, 6.45) is 9.04. The molecule has 1 aromatic carbocycles. The molecule has 0 amide bonds. The second-order valence-electron chi connectivity index (χ2n) is 10.8. The van der Waals surface area contributed by atoms with Crippen LogP contribution in [0.25, 0.3) is 11.0 Å². The van der Waals surface area contributed by atoms with Crippen molar-refractivity contribution in [2.45, 2.75) is 59.1 Å². The van der Waals surface area contributed by atoms with Crippen molar-refractivity contribution in [3.8, 4) is 0 Å². The molecule has 1 N–H and O–H groups in total. The van der Waals surface area contributed by atoms with Crippen molar-refractivity contribution < 1.29 is 13.5 Å². The zero-order chi connectivity index (χ0) is 30.3. The fourth-order valence-electron chi connectivity index (χ4n) is 5.43. The van der Waals surface area contributed by atoms with Crippen LogP contribution >= 0.6 is 0 Å². The number of guanidine groups is 1. The number of nitrogens with one attached hydrogen (secondary N) is 1. The minimum Gasteiger partial charge on any atom is -0.372 e. The molecule has 0 aliphatic carbocycles. The number of aromatic nitrogens is 2. The maximum Gasteiger partial charge on any atom is 0.224 e. The number of hydrogen-bond donors (Lipinski definition) is 1. The number of alkyl halides is 1. The zero-order valence-corrected chi connectivity index (χ0v) is 25.3. The van der Waals surface area contributed by atoms with Crippen LogP contribution in [-0.2, 0) is 4.74 Å². The van der Waals surface area contributed by atoms with Crippen LogP contribution in [0.15, 0.2) is 69.4 Å². The average molecular weight is 578 g/mol. The Labute approximate surface area is 247 Å². The highest BCUT2D eigenvalue weighted by molar-refractivity contribution is 6.13. The van der Waals surface area contributed by atoms with E-state index in [4.69, 9.17) is 4.74 Å². The Morgan fingerprint density at radius 2 is 2.12 bits per heavy atom. The van der Waals surface area contributed by atoms with Gasteiger partial charge in [0.1, 0.15) is 23.9 Å². The lowest BCUT2D eigenvalue weighted by Crippen LogP contribution is -2.51. The van der Waals surface area contributed by atoms with Crippen LogP contribution in [0.1, 0.15) is 58.0 Å². The molecule has 0 bridgehead atoms. The van der Waals surface area contributed by atoms with E-state index in [1.165, 1.54) is 6.07 Å². The van der Waals surface area contributed by atoms with Gasteiger partial charge in [0, 0.05) is 43.4 Å². The van der Waals surface area contributed by atoms with Crippen LogP contribution in [0.5, 0.6) is 0 Å². The van der Waals surface area contributed by atoms with E-state index < -0.39 is 12.5 Å². The number of morpholine rings is 1. The van der Waals surface area contributed by atoms with Crippen LogP contribution in [0.3, 0.4) is 0 Å². The van der Waals surface area contributed by atoms with Gasteiger partial charge in [-0.3, -0.25) is 9.89 Å². The molecular weight excluding hydrogens is 536 g/mol. The molecular formula is C32H41F2N7O. The van der Waals surface area contributed by atoms with E-state index in [9.17, 15) is 4.39 Å². The van der Waals surface area contributed by atoms with Gasteiger partial charge in [-0.25, -0.2) is 23.7 Å². The number of aryl methyl sites for hydroxylation is 1. The molecule has 8 nitrogen and oxygen atoms in total. The van der Waals surface area contributed by atoms with Crippen LogP contribution in [0.4, 0.5) is 8.78 Å². The Morgan fingerprint density at radius 1 is 1.31 bits per heavy atom. The number of fused-ring (bicyclic) bond motifs is 1. The Hall–Kier alpha value is -3.72. The summed E-state index contributed by atoms with van der Waals surface area (Å²) in [5.41, 5.74) is 5.27. The molecule has 1 fully saturated rings. The Bertz CT molecular complexity index is 1490. The maximum absolute atomic E-state index is 15.1. The number of aliphatic imine (C=N–C) groups is 3. The van der Waals surface area contributed by atoms with Crippen LogP contribution in [0, 0.1) is 12.7 Å². The molecule has 0 radical (unpaired) electrons. The molecule has 0 unspecified atom stereocenters. The number of hydrogen-bond acceptors (Lipinski definition) is 5. The number of amidine groups is 1. The van der Waals surface area contributed by atoms with E-state index >= 15 is 4.39 Å². The summed E-state index contributed by atoms with van der Waals surface area (Å²) < 4.78 is 37.4. The molecule has 1 saturated heterocycles. The molecule has 224 valence electrons. The lowest BCUT2D eigenvalue weighted by molar-refractivity contribution is -0.107. The molecule has 4 rings (SSSR count). The smallest absolute Gasteiger partial charge is 0.224 e. The molecule has 2 aliphatic rings. The third kappa shape index (κ3) is 7.18. The average Bonchev–Trinajstić information content (AvgIpc) is 3.15. The Balaban J connectivity index is 1.51. The first-order valence-electron chi connectivity index (χ1n) is 14.5. The van der Waals surface area contributed by atoms with Crippen molar-refractivity contribution in [2.24, 2.45) is 15.0 Å². The van der Waals surface area contributed by atoms with Gasteiger partial charge in [0.05, 0.1) is 29.6 Å². The maximum atomic E-state index is 15.1. The van der Waals surface area contributed by atoms with Gasteiger partial charge in [-0.1, -0.05) is 18.7 Å². The normalized spacial score (nSPS) is 20.2. The van der Waals surface area contributed by atoms with Gasteiger partial charge in [-0.15, -0.1) is 6.58 Å². The second-order valence-corrected chi connectivity index (χ2v) is 10.8. The lowest BCUT2D eigenvalue weighted by Gasteiger charge is -2.42. The topological polar surface area (TPSA) is 79.4 Å². The van der Waals surface area contributed by atoms with Crippen molar-refractivity contribution >= 4 is 28.5 Å². The summed E-state index contributed by atoms with van der Waals surface area (Å²) in [5.74, 6) is 0.843. The summed E-state index contributed by atoms with van der Waals surface area (Å²) in [6, 6.07) is 3.07. The Kier molecular flexibility index (Phi) is 10.4. The number of imidazole rings is 1. The number of halogens is 2. The van der Waals surface area contributed by atoms with Crippen LogP contribution in [0.2, 0.25) is 0 Å². The highest BCUT2D eigenvalue weighted by atomic mass is 19.1. The number of benzene rings is 1. The summed E-state index contributed by atoms with van der Waals surface area (Å²) in [7, 11) is 0. The summed E-state index contributed by atoms with van der Waals surface area (Å²) in [4.78, 5) is 20.0. The van der Waals surface area contributed by atoms with Crippen molar-refractivity contribution in [1.29, 1.82) is 0 Å². The SMILES string of the molecule is C=CC[C@]1(CC)CN(CC2=C=CN=C(NC(=NCC)N=C(CF)c3cc(F)c4nc(C)n(C(C)C)c4c3)C=C2)CCO1. The van der Waals surface area contributed by atoms with E-state index in [2.05, 4.69) is 49.4 Å². The molecule has 0 saturated carbocycles. The lowest BCUT2D eigenvalue weighted by atomic mass is 9.93. The number of nitrogens with zero attached hydrogens (tertiary/aromatic N) is 6. The molecule has 2 aliphatic heterocycles. The van der Waals surface area contributed by atoms with Gasteiger partial charge < -0.3 is 14.6 Å². The number of ether oxygens (including phenoxy) is 1. The van der Waals surface area contributed by atoms with Crippen molar-refractivity contribution in [2.75, 3.05) is 39.5 Å². The fraction of sp³-hybridized carbons (Fsp3) is 0.469. The van der Waals surface area contributed by atoms with E-state index in [1.54, 1.807) is 12.3 Å². The molecule has 10 heteroatoms. The quantitative estimate of drug-likeness (QED) is 0.175. The first-order chi connectivity index (χ1) is 20.2. The van der Waals surface area contributed by atoms with Gasteiger partial charge in [-0.05, 0) is 64.8 Å². The molecule has 0 spiro atoms. The van der Waals surface area contributed by atoms with Crippen molar-refractivity contribution in [3.05, 3.63) is 71.6 Å². The summed E-state index contributed by atoms with van der Waals surface area (Å²) in [6.45, 7) is 16.3. The minimum absolute atomic E-state index is 0.0588. The zero-order valence-electron chi connectivity index (χ0n) is 25.3. The van der Waals surface area contributed by atoms with Gasteiger partial charge in [0.25, 0.3) is 0 Å². The third-order valence-corrected chi connectivity index (χ3v) is 7.47. The van der Waals surface area contributed by atoms with E-state index in [-0.39, 0.29) is 28.8 Å². The number of rotatable bonds is 9. The summed E-state index contributed by atoms with van der Waals surface area (Å²) in [5, 5.41) is 3.10. The summed E-state index contributed by atoms with van der Waals surface area (Å²) >= 11 is 0. The van der Waals surface area contributed by atoms with Gasteiger partial charge in [-0.2, -0.15) is 0 Å². The van der Waals surface area contributed by atoms with Crippen molar-refractivity contribution in [3.63, 3.8) is 0 Å². The largest absolute Gasteiger partial charge is 0.372 e. The second kappa shape index (κ2) is 14.0. The van der Waals surface area contributed by atoms with Gasteiger partial charge in [0.2, 0.25) is 5.96 Å². The molecule has 2 aromatic rings. The molecule has 1 aromatic heterocycles. The minimum atomic E-state index is -0.900. The highest BCUT2D eigenvalue weighted by Gasteiger charge is 2.34. The molecule has 3 heterocycles. The van der Waals surface area contributed by atoms with Crippen LogP contribution in [-0.4, -0.2) is 77.0 Å². The highest BCUT2D eigenvalue weighted by Crippen LogP contribution is 2.27. The first kappa shape index (κ1) is 31.2. The monoisotopic (exact) mass is 577 g/mol. The standard InChI is InChI=1S/C32H41F2N7O/c1-7-13-32(8-2)21-40(15-16-42-32)20-24-10-11-29(36-14-12-24)39-31(35-9-3)38-27(19-33)25-17-26(34)30-28(18-25)41(22(4)5)23(6)37-30/h7,10-11,14,17-18,22H,1,8-9,13,15-16,19-21H2,2-6H3,(H,35,36,39)/t32-/m1/s1. The predicted molar refractivity (Wildman–Crippen MR) is 167 cm³/mol. The fourth-order valence-corrected chi connectivity index (χ4v) is 5.43. The van der Waals surface area contributed by atoms with E-state index in [0.717, 1.165) is 31.5 Å².